The second-order valence-corrected chi connectivity index (χ2v) is 13.2. The molecule has 0 radical (unpaired) electrons. The van der Waals surface area contributed by atoms with E-state index in [4.69, 9.17) is 14.2 Å². The van der Waals surface area contributed by atoms with Gasteiger partial charge >= 0.3 is 0 Å². The molecule has 2 atom stereocenters. The van der Waals surface area contributed by atoms with Crippen LogP contribution in [0, 0.1) is 5.82 Å². The number of halogens is 1. The minimum Gasteiger partial charge on any atom is -0.497 e. The molecule has 0 amide bonds. The summed E-state index contributed by atoms with van der Waals surface area (Å²) in [4.78, 5) is -0.528. The third-order valence-corrected chi connectivity index (χ3v) is 9.33. The van der Waals surface area contributed by atoms with Gasteiger partial charge in [-0.2, -0.15) is 0 Å². The molecule has 0 fully saturated rings. The number of hydrogen-bond acceptors (Lipinski definition) is 10. The highest BCUT2D eigenvalue weighted by Crippen LogP contribution is 2.39. The van der Waals surface area contributed by atoms with Crippen LogP contribution in [-0.2, 0) is 19.9 Å². The third kappa shape index (κ3) is 6.03. The fourth-order valence-electron chi connectivity index (χ4n) is 4.28. The average molecular weight is 621 g/mol. The molecule has 224 valence electrons. The van der Waals surface area contributed by atoms with E-state index in [2.05, 4.69) is 14.9 Å². The van der Waals surface area contributed by atoms with Gasteiger partial charge in [0.25, 0.3) is 0 Å². The molecule has 0 aliphatic rings. The largest absolute Gasteiger partial charge is 0.497 e. The summed E-state index contributed by atoms with van der Waals surface area (Å²) < 4.78 is 85.8. The van der Waals surface area contributed by atoms with Crippen LogP contribution in [0.4, 0.5) is 10.3 Å². The van der Waals surface area contributed by atoms with Crippen LogP contribution in [0.2, 0.25) is 0 Å². The maximum Gasteiger partial charge on any atom is 0.243 e. The second-order valence-electron chi connectivity index (χ2n) is 9.18. The standard InChI is InChI=1S/C27H29FN4O8S2/c1-16(25(33)20-13-12-18(28)15-23(20)41(5,34)35)42(36,37)31-27-30-29-26(17-8-6-9-19(14-17)38-2)32(27)24-21(39-3)10-7-11-22(24)40-4/h6-16,25,33H,1-5H3,(H,30,31)/t16-,25+/m1/s1. The van der Waals surface area contributed by atoms with Gasteiger partial charge in [0.1, 0.15) is 34.0 Å². The molecule has 0 saturated heterocycles. The zero-order chi connectivity index (χ0) is 30.8. The van der Waals surface area contributed by atoms with Gasteiger partial charge < -0.3 is 19.3 Å². The lowest BCUT2D eigenvalue weighted by Crippen LogP contribution is -2.32. The number of para-hydroxylation sites is 1. The number of ether oxygens (including phenoxy) is 3. The topological polar surface area (TPSA) is 159 Å². The first-order chi connectivity index (χ1) is 19.8. The quantitative estimate of drug-likeness (QED) is 0.255. The van der Waals surface area contributed by atoms with Crippen molar-refractivity contribution >= 4 is 25.8 Å². The van der Waals surface area contributed by atoms with E-state index in [1.54, 1.807) is 42.5 Å². The van der Waals surface area contributed by atoms with Crippen molar-refractivity contribution < 1.29 is 40.5 Å². The first kappa shape index (κ1) is 30.7. The summed E-state index contributed by atoms with van der Waals surface area (Å²) in [7, 11) is -4.16. The highest BCUT2D eigenvalue weighted by molar-refractivity contribution is 7.93. The Balaban J connectivity index is 1.86. The minimum absolute atomic E-state index is 0.195. The lowest BCUT2D eigenvalue weighted by Gasteiger charge is -2.23. The molecule has 0 aliphatic carbocycles. The van der Waals surface area contributed by atoms with E-state index in [-0.39, 0.29) is 23.0 Å². The molecule has 4 aromatic rings. The van der Waals surface area contributed by atoms with Crippen molar-refractivity contribution in [2.24, 2.45) is 0 Å². The number of rotatable bonds is 11. The van der Waals surface area contributed by atoms with Crippen LogP contribution in [0.1, 0.15) is 18.6 Å². The molecule has 0 spiro atoms. The van der Waals surface area contributed by atoms with Gasteiger partial charge in [0, 0.05) is 17.4 Å². The number of nitrogens with zero attached hydrogens (tertiary/aromatic N) is 3. The first-order valence-electron chi connectivity index (χ1n) is 12.3. The van der Waals surface area contributed by atoms with Crippen molar-refractivity contribution in [3.8, 4) is 34.3 Å². The van der Waals surface area contributed by atoms with Crippen molar-refractivity contribution in [2.45, 2.75) is 23.2 Å². The number of hydrogen-bond donors (Lipinski definition) is 2. The maximum absolute atomic E-state index is 13.9. The van der Waals surface area contributed by atoms with Gasteiger partial charge in [0.15, 0.2) is 15.7 Å². The molecule has 4 rings (SSSR count). The Hall–Kier alpha value is -4.21. The Morgan fingerprint density at radius 1 is 0.905 bits per heavy atom. The molecule has 0 saturated carbocycles. The summed E-state index contributed by atoms with van der Waals surface area (Å²) >= 11 is 0. The van der Waals surface area contributed by atoms with Crippen molar-refractivity contribution in [3.63, 3.8) is 0 Å². The summed E-state index contributed by atoms with van der Waals surface area (Å²) in [6, 6.07) is 14.5. The zero-order valence-corrected chi connectivity index (χ0v) is 24.9. The van der Waals surface area contributed by atoms with Crippen LogP contribution >= 0.6 is 0 Å². The van der Waals surface area contributed by atoms with Crippen molar-refractivity contribution in [1.82, 2.24) is 14.8 Å². The van der Waals surface area contributed by atoms with Crippen molar-refractivity contribution in [1.29, 1.82) is 0 Å². The molecule has 15 heteroatoms. The van der Waals surface area contributed by atoms with E-state index in [1.807, 2.05) is 0 Å². The number of sulfone groups is 1. The molecule has 1 heterocycles. The summed E-state index contributed by atoms with van der Waals surface area (Å²) in [5, 5.41) is 17.7. The number of aromatic nitrogens is 3. The molecular weight excluding hydrogens is 591 g/mol. The summed E-state index contributed by atoms with van der Waals surface area (Å²) in [5.41, 5.74) is 0.508. The van der Waals surface area contributed by atoms with Crippen LogP contribution in [0.3, 0.4) is 0 Å². The van der Waals surface area contributed by atoms with Gasteiger partial charge in [0.05, 0.1) is 32.3 Å². The molecule has 0 unspecified atom stereocenters. The monoisotopic (exact) mass is 620 g/mol. The lowest BCUT2D eigenvalue weighted by molar-refractivity contribution is 0.173. The van der Waals surface area contributed by atoms with Gasteiger partial charge in [-0.25, -0.2) is 21.2 Å². The molecular formula is C27H29FN4O8S2. The maximum atomic E-state index is 13.9. The molecule has 42 heavy (non-hydrogen) atoms. The fraction of sp³-hybridized carbons (Fsp3) is 0.259. The molecule has 1 aromatic heterocycles. The van der Waals surface area contributed by atoms with Crippen LogP contribution in [0.25, 0.3) is 17.1 Å². The van der Waals surface area contributed by atoms with E-state index in [0.29, 0.717) is 22.8 Å². The smallest absolute Gasteiger partial charge is 0.243 e. The summed E-state index contributed by atoms with van der Waals surface area (Å²) in [6.45, 7) is 1.18. The van der Waals surface area contributed by atoms with Gasteiger partial charge in [0.2, 0.25) is 16.0 Å². The number of sulfonamides is 1. The highest BCUT2D eigenvalue weighted by atomic mass is 32.2. The predicted molar refractivity (Wildman–Crippen MR) is 153 cm³/mol. The van der Waals surface area contributed by atoms with Crippen LogP contribution in [-0.4, -0.2) is 69.5 Å². The Bertz CT molecular complexity index is 1810. The Morgan fingerprint density at radius 2 is 1.55 bits per heavy atom. The van der Waals surface area contributed by atoms with Crippen LogP contribution in [0.5, 0.6) is 17.2 Å². The SMILES string of the molecule is COc1cccc(-c2nnc(NS(=O)(=O)[C@H](C)[C@H](O)c3ccc(F)cc3S(C)(=O)=O)n2-c2c(OC)cccc2OC)c1. The molecule has 0 aliphatic heterocycles. The number of aliphatic hydroxyl groups excluding tert-OH is 1. The normalized spacial score (nSPS) is 13.3. The number of aliphatic hydroxyl groups is 1. The summed E-state index contributed by atoms with van der Waals surface area (Å²) in [6.07, 6.45) is -1.03. The van der Waals surface area contributed by atoms with E-state index >= 15 is 0 Å². The Kier molecular flexibility index (Phi) is 8.75. The van der Waals surface area contributed by atoms with Crippen molar-refractivity contribution in [2.75, 3.05) is 32.3 Å². The van der Waals surface area contributed by atoms with E-state index in [1.165, 1.54) is 32.8 Å². The number of nitrogens with one attached hydrogen (secondary N) is 1. The Labute approximate surface area is 242 Å². The Morgan fingerprint density at radius 3 is 2.14 bits per heavy atom. The van der Waals surface area contributed by atoms with Gasteiger partial charge in [-0.1, -0.05) is 24.3 Å². The average Bonchev–Trinajstić information content (AvgIpc) is 3.37. The van der Waals surface area contributed by atoms with E-state index < -0.39 is 41.9 Å². The predicted octanol–water partition coefficient (Wildman–Crippen LogP) is 3.37. The first-order valence-corrected chi connectivity index (χ1v) is 15.8. The third-order valence-electron chi connectivity index (χ3n) is 6.48. The van der Waals surface area contributed by atoms with Gasteiger partial charge in [-0.05, 0) is 43.3 Å². The number of benzene rings is 3. The lowest BCUT2D eigenvalue weighted by atomic mass is 10.1. The van der Waals surface area contributed by atoms with Crippen molar-refractivity contribution in [3.05, 3.63) is 72.0 Å². The van der Waals surface area contributed by atoms with Crippen LogP contribution < -0.4 is 18.9 Å². The molecule has 0 bridgehead atoms. The van der Waals surface area contributed by atoms with Gasteiger partial charge in [-0.15, -0.1) is 10.2 Å². The molecule has 2 N–H and O–H groups in total. The minimum atomic E-state index is -4.50. The molecule has 3 aromatic carbocycles. The summed E-state index contributed by atoms with van der Waals surface area (Å²) in [5.74, 6) is 0.169. The number of methoxy groups -OCH3 is 3. The number of anilines is 1. The highest BCUT2D eigenvalue weighted by Gasteiger charge is 2.34. The zero-order valence-electron chi connectivity index (χ0n) is 23.3. The van der Waals surface area contributed by atoms with E-state index in [0.717, 1.165) is 24.5 Å². The van der Waals surface area contributed by atoms with Crippen LogP contribution in [0.15, 0.2) is 65.6 Å². The van der Waals surface area contributed by atoms with Gasteiger partial charge in [-0.3, -0.25) is 9.29 Å². The molecule has 12 nitrogen and oxygen atoms in total. The fourth-order valence-corrected chi connectivity index (χ4v) is 6.28. The second kappa shape index (κ2) is 12.0. The van der Waals surface area contributed by atoms with E-state index in [9.17, 15) is 26.3 Å².